The van der Waals surface area contributed by atoms with Crippen LogP contribution in [-0.4, -0.2) is 30.3 Å². The lowest BCUT2D eigenvalue weighted by Crippen LogP contribution is -2.40. The van der Waals surface area contributed by atoms with Crippen molar-refractivity contribution in [1.29, 1.82) is 0 Å². The molecule has 0 heterocycles. The van der Waals surface area contributed by atoms with E-state index < -0.39 is 5.54 Å². The molecule has 0 saturated carbocycles. The fraction of sp³-hybridized carbons (Fsp3) is 0.571. The quantitative estimate of drug-likeness (QED) is 0.784. The predicted molar refractivity (Wildman–Crippen MR) is 73.2 cm³/mol. The number of nitrogens with two attached hydrogens (primary N) is 1. The standard InChI is InChI=1S/C14H23FN2O/c1-3-17(9-5-8-14(2,16)11-18)13-7-4-6-12(15)10-13/h4,6-7,10,18H,3,5,8-9,11,16H2,1-2H3. The summed E-state index contributed by atoms with van der Waals surface area (Å²) >= 11 is 0. The number of aliphatic hydroxyl groups is 1. The molecule has 1 rings (SSSR count). The van der Waals surface area contributed by atoms with Gasteiger partial charge >= 0.3 is 0 Å². The van der Waals surface area contributed by atoms with E-state index in [1.807, 2.05) is 19.9 Å². The highest BCUT2D eigenvalue weighted by molar-refractivity contribution is 5.46. The van der Waals surface area contributed by atoms with Crippen LogP contribution < -0.4 is 10.6 Å². The lowest BCUT2D eigenvalue weighted by Gasteiger charge is -2.26. The SMILES string of the molecule is CCN(CCCC(C)(N)CO)c1cccc(F)c1. The second kappa shape index (κ2) is 6.71. The van der Waals surface area contributed by atoms with E-state index in [9.17, 15) is 4.39 Å². The van der Waals surface area contributed by atoms with Gasteiger partial charge in [0.25, 0.3) is 0 Å². The molecule has 0 aromatic heterocycles. The highest BCUT2D eigenvalue weighted by atomic mass is 19.1. The van der Waals surface area contributed by atoms with Gasteiger partial charge in [-0.15, -0.1) is 0 Å². The lowest BCUT2D eigenvalue weighted by atomic mass is 9.98. The molecule has 1 aromatic rings. The second-order valence-corrected chi connectivity index (χ2v) is 4.98. The van der Waals surface area contributed by atoms with E-state index in [0.29, 0.717) is 0 Å². The predicted octanol–water partition coefficient (Wildman–Crippen LogP) is 2.14. The van der Waals surface area contributed by atoms with Crippen molar-refractivity contribution in [3.8, 4) is 0 Å². The minimum absolute atomic E-state index is 0.0148. The largest absolute Gasteiger partial charge is 0.394 e. The summed E-state index contributed by atoms with van der Waals surface area (Å²) in [4.78, 5) is 2.11. The van der Waals surface area contributed by atoms with Gasteiger partial charge in [-0.05, 0) is 44.9 Å². The Hall–Kier alpha value is -1.13. The van der Waals surface area contributed by atoms with E-state index in [-0.39, 0.29) is 12.4 Å². The second-order valence-electron chi connectivity index (χ2n) is 4.98. The molecule has 0 aliphatic heterocycles. The van der Waals surface area contributed by atoms with Gasteiger partial charge in [0.05, 0.1) is 6.61 Å². The molecule has 0 aliphatic carbocycles. The van der Waals surface area contributed by atoms with Gasteiger partial charge < -0.3 is 15.7 Å². The van der Waals surface area contributed by atoms with Crippen LogP contribution in [0.2, 0.25) is 0 Å². The Morgan fingerprint density at radius 3 is 2.72 bits per heavy atom. The minimum Gasteiger partial charge on any atom is -0.394 e. The third kappa shape index (κ3) is 4.63. The highest BCUT2D eigenvalue weighted by Crippen LogP contribution is 2.17. The van der Waals surface area contributed by atoms with E-state index in [1.54, 1.807) is 6.07 Å². The maximum Gasteiger partial charge on any atom is 0.125 e. The molecule has 0 amide bonds. The van der Waals surface area contributed by atoms with E-state index in [0.717, 1.165) is 31.6 Å². The number of hydrogen-bond donors (Lipinski definition) is 2. The van der Waals surface area contributed by atoms with Gasteiger partial charge in [0.1, 0.15) is 5.82 Å². The Morgan fingerprint density at radius 2 is 2.17 bits per heavy atom. The van der Waals surface area contributed by atoms with Crippen molar-refractivity contribution in [2.24, 2.45) is 5.73 Å². The number of rotatable bonds is 7. The van der Waals surface area contributed by atoms with Crippen molar-refractivity contribution >= 4 is 5.69 Å². The topological polar surface area (TPSA) is 49.5 Å². The molecular formula is C14H23FN2O. The van der Waals surface area contributed by atoms with Crippen molar-refractivity contribution in [3.05, 3.63) is 30.1 Å². The van der Waals surface area contributed by atoms with Crippen LogP contribution in [0.1, 0.15) is 26.7 Å². The fourth-order valence-corrected chi connectivity index (χ4v) is 1.90. The summed E-state index contributed by atoms with van der Waals surface area (Å²) in [5.41, 5.74) is 6.24. The van der Waals surface area contributed by atoms with Crippen molar-refractivity contribution in [3.63, 3.8) is 0 Å². The number of hydrogen-bond acceptors (Lipinski definition) is 3. The van der Waals surface area contributed by atoms with Crippen molar-refractivity contribution in [1.82, 2.24) is 0 Å². The van der Waals surface area contributed by atoms with E-state index in [1.165, 1.54) is 12.1 Å². The van der Waals surface area contributed by atoms with E-state index in [2.05, 4.69) is 4.90 Å². The fourth-order valence-electron chi connectivity index (χ4n) is 1.90. The number of anilines is 1. The number of aliphatic hydroxyl groups excluding tert-OH is 1. The molecule has 3 N–H and O–H groups in total. The molecule has 0 aliphatic rings. The zero-order valence-electron chi connectivity index (χ0n) is 11.2. The smallest absolute Gasteiger partial charge is 0.125 e. The van der Waals surface area contributed by atoms with Gasteiger partial charge in [-0.3, -0.25) is 0 Å². The van der Waals surface area contributed by atoms with Gasteiger partial charge in [-0.2, -0.15) is 0 Å². The van der Waals surface area contributed by atoms with Crippen LogP contribution in [0.5, 0.6) is 0 Å². The zero-order chi connectivity index (χ0) is 13.6. The summed E-state index contributed by atoms with van der Waals surface area (Å²) in [7, 11) is 0. The van der Waals surface area contributed by atoms with E-state index >= 15 is 0 Å². The summed E-state index contributed by atoms with van der Waals surface area (Å²) in [6.45, 7) is 5.50. The van der Waals surface area contributed by atoms with Crippen LogP contribution in [0.4, 0.5) is 10.1 Å². The molecule has 102 valence electrons. The first kappa shape index (κ1) is 14.9. The average molecular weight is 254 g/mol. The molecular weight excluding hydrogens is 231 g/mol. The summed E-state index contributed by atoms with van der Waals surface area (Å²) in [5.74, 6) is -0.218. The van der Waals surface area contributed by atoms with Crippen LogP contribution in [-0.2, 0) is 0 Å². The van der Waals surface area contributed by atoms with Crippen molar-refractivity contribution in [2.45, 2.75) is 32.2 Å². The van der Waals surface area contributed by atoms with Gasteiger partial charge in [0.2, 0.25) is 0 Å². The van der Waals surface area contributed by atoms with Gasteiger partial charge in [0, 0.05) is 24.3 Å². The van der Waals surface area contributed by atoms with Gasteiger partial charge in [-0.25, -0.2) is 4.39 Å². The monoisotopic (exact) mass is 254 g/mol. The van der Waals surface area contributed by atoms with Crippen molar-refractivity contribution in [2.75, 3.05) is 24.6 Å². The Balaban J connectivity index is 2.53. The van der Waals surface area contributed by atoms with Crippen LogP contribution in [0.25, 0.3) is 0 Å². The Morgan fingerprint density at radius 1 is 1.44 bits per heavy atom. The average Bonchev–Trinajstić information content (AvgIpc) is 2.34. The lowest BCUT2D eigenvalue weighted by molar-refractivity contribution is 0.198. The molecule has 0 radical (unpaired) electrons. The number of nitrogens with zero attached hydrogens (tertiary/aromatic N) is 1. The Bertz CT molecular complexity index is 369. The molecule has 4 heteroatoms. The molecule has 1 aromatic carbocycles. The molecule has 0 fully saturated rings. The molecule has 0 bridgehead atoms. The summed E-state index contributed by atoms with van der Waals surface area (Å²) < 4.78 is 13.2. The molecule has 0 saturated heterocycles. The normalized spacial score (nSPS) is 14.3. The summed E-state index contributed by atoms with van der Waals surface area (Å²) in [6.07, 6.45) is 1.62. The maximum absolute atomic E-state index is 13.2. The molecule has 18 heavy (non-hydrogen) atoms. The Kier molecular flexibility index (Phi) is 5.56. The van der Waals surface area contributed by atoms with E-state index in [4.69, 9.17) is 10.8 Å². The molecule has 0 spiro atoms. The minimum atomic E-state index is -0.526. The van der Waals surface area contributed by atoms with Gasteiger partial charge in [0.15, 0.2) is 0 Å². The third-order valence-electron chi connectivity index (χ3n) is 3.09. The first-order valence-electron chi connectivity index (χ1n) is 6.39. The number of halogens is 1. The van der Waals surface area contributed by atoms with Crippen LogP contribution >= 0.6 is 0 Å². The highest BCUT2D eigenvalue weighted by Gasteiger charge is 2.16. The van der Waals surface area contributed by atoms with Crippen LogP contribution in [0, 0.1) is 5.82 Å². The van der Waals surface area contributed by atoms with Crippen LogP contribution in [0.15, 0.2) is 24.3 Å². The first-order valence-corrected chi connectivity index (χ1v) is 6.39. The Labute approximate surface area is 108 Å². The van der Waals surface area contributed by atoms with Gasteiger partial charge in [-0.1, -0.05) is 6.07 Å². The summed E-state index contributed by atoms with van der Waals surface area (Å²) in [6, 6.07) is 6.60. The van der Waals surface area contributed by atoms with Crippen molar-refractivity contribution < 1.29 is 9.50 Å². The first-order chi connectivity index (χ1) is 8.48. The van der Waals surface area contributed by atoms with Crippen LogP contribution in [0.3, 0.4) is 0 Å². The third-order valence-corrected chi connectivity index (χ3v) is 3.09. The summed E-state index contributed by atoms with van der Waals surface area (Å²) in [5, 5.41) is 9.08. The maximum atomic E-state index is 13.2. The number of benzene rings is 1. The zero-order valence-corrected chi connectivity index (χ0v) is 11.2. The molecule has 1 unspecified atom stereocenters. The molecule has 3 nitrogen and oxygen atoms in total. The molecule has 1 atom stereocenters.